The fourth-order valence-corrected chi connectivity index (χ4v) is 13.1. The Kier molecular flexibility index (Phi) is 64.0. The third kappa shape index (κ3) is 69.0. The van der Waals surface area contributed by atoms with Crippen LogP contribution in [0.25, 0.3) is 0 Å². The van der Waals surface area contributed by atoms with Crippen molar-refractivity contribution in [1.82, 2.24) is 0 Å². The van der Waals surface area contributed by atoms with Gasteiger partial charge in [-0.15, -0.1) is 0 Å². The fourth-order valence-electron chi connectivity index (χ4n) is 11.5. The zero-order valence-electron chi connectivity index (χ0n) is 62.3. The topological polar surface area (TPSA) is 237 Å². The van der Waals surface area contributed by atoms with E-state index in [0.29, 0.717) is 31.6 Å². The van der Waals surface area contributed by atoms with Crippen LogP contribution in [0.1, 0.15) is 383 Å². The van der Waals surface area contributed by atoms with Crippen LogP contribution in [0, 0.1) is 23.7 Å². The molecule has 0 saturated carbocycles. The average molecular weight is 1400 g/mol. The first-order valence-electron chi connectivity index (χ1n) is 39.2. The molecule has 0 amide bonds. The van der Waals surface area contributed by atoms with Gasteiger partial charge in [0, 0.05) is 25.7 Å². The molecular weight excluding hydrogens is 1250 g/mol. The van der Waals surface area contributed by atoms with Crippen molar-refractivity contribution in [1.29, 1.82) is 0 Å². The number of unbranched alkanes of at least 4 members (excludes halogenated alkanes) is 38. The SMILES string of the molecule is CCC(C)CCCCCCCCC(=O)O[C@H](COC(=O)CCCCCCCCCCCCCC(C)C)COP(=O)(O)OCC(O)COP(=O)(O)OC[C@@H](COC(=O)CCCCCCCCCC(C)C)OC(=O)CCCCCCCCCCCCCCCCCCCCC(C)C. The number of aliphatic hydroxyl groups is 1. The van der Waals surface area contributed by atoms with E-state index in [1.165, 1.54) is 180 Å². The van der Waals surface area contributed by atoms with Gasteiger partial charge in [-0.1, -0.05) is 331 Å². The van der Waals surface area contributed by atoms with Crippen LogP contribution < -0.4 is 0 Å². The second-order valence-corrected chi connectivity index (χ2v) is 32.0. The maximum Gasteiger partial charge on any atom is 0.472 e. The van der Waals surface area contributed by atoms with Gasteiger partial charge in [-0.2, -0.15) is 0 Å². The number of esters is 4. The Bertz CT molecular complexity index is 1870. The molecule has 19 heteroatoms. The molecule has 4 unspecified atom stereocenters. The number of aliphatic hydroxyl groups excluding tert-OH is 1. The molecule has 0 aliphatic carbocycles. The number of phosphoric ester groups is 2. The Morgan fingerprint density at radius 1 is 0.295 bits per heavy atom. The van der Waals surface area contributed by atoms with Crippen LogP contribution >= 0.6 is 15.6 Å². The molecule has 0 aliphatic rings. The summed E-state index contributed by atoms with van der Waals surface area (Å²) in [6.07, 6.45) is 50.2. The van der Waals surface area contributed by atoms with Crippen LogP contribution in [0.3, 0.4) is 0 Å². The highest BCUT2D eigenvalue weighted by atomic mass is 31.2. The van der Waals surface area contributed by atoms with Gasteiger partial charge in [0.1, 0.15) is 19.3 Å². The summed E-state index contributed by atoms with van der Waals surface area (Å²) in [6, 6.07) is 0. The Balaban J connectivity index is 5.17. The molecule has 6 atom stereocenters. The first kappa shape index (κ1) is 93.1. The van der Waals surface area contributed by atoms with E-state index < -0.39 is 97.5 Å². The van der Waals surface area contributed by atoms with Crippen LogP contribution in [-0.4, -0.2) is 96.7 Å². The molecule has 0 fully saturated rings. The lowest BCUT2D eigenvalue weighted by atomic mass is 10.00. The van der Waals surface area contributed by atoms with Crippen LogP contribution in [-0.2, 0) is 65.4 Å². The van der Waals surface area contributed by atoms with E-state index in [9.17, 15) is 43.2 Å². The summed E-state index contributed by atoms with van der Waals surface area (Å²) in [5, 5.41) is 10.6. The minimum Gasteiger partial charge on any atom is -0.462 e. The van der Waals surface area contributed by atoms with E-state index in [0.717, 1.165) is 114 Å². The molecule has 0 aliphatic heterocycles. The molecule has 0 radical (unpaired) electrons. The zero-order valence-corrected chi connectivity index (χ0v) is 64.1. The second-order valence-electron chi connectivity index (χ2n) is 29.1. The van der Waals surface area contributed by atoms with Gasteiger partial charge in [0.2, 0.25) is 0 Å². The number of ether oxygens (including phenoxy) is 4. The van der Waals surface area contributed by atoms with Crippen LogP contribution in [0.15, 0.2) is 0 Å². The van der Waals surface area contributed by atoms with Crippen molar-refractivity contribution in [2.45, 2.75) is 401 Å². The van der Waals surface area contributed by atoms with Crippen LogP contribution in [0.5, 0.6) is 0 Å². The van der Waals surface area contributed by atoms with E-state index in [1.807, 2.05) is 0 Å². The molecule has 0 aromatic rings. The molecule has 3 N–H and O–H groups in total. The molecule has 0 bridgehead atoms. The summed E-state index contributed by atoms with van der Waals surface area (Å²) in [7, 11) is -9.91. The van der Waals surface area contributed by atoms with Crippen molar-refractivity contribution in [2.24, 2.45) is 23.7 Å². The van der Waals surface area contributed by atoms with Gasteiger partial charge in [0.25, 0.3) is 0 Å². The second kappa shape index (κ2) is 65.4. The Morgan fingerprint density at radius 3 is 0.747 bits per heavy atom. The van der Waals surface area contributed by atoms with Gasteiger partial charge < -0.3 is 33.8 Å². The number of hydrogen-bond acceptors (Lipinski definition) is 15. The van der Waals surface area contributed by atoms with E-state index in [4.69, 9.17) is 37.0 Å². The molecule has 0 aromatic heterocycles. The minimum atomic E-state index is -4.96. The molecule has 0 saturated heterocycles. The summed E-state index contributed by atoms with van der Waals surface area (Å²) in [5.74, 6) is 0.891. The van der Waals surface area contributed by atoms with Gasteiger partial charge in [-0.3, -0.25) is 37.3 Å². The van der Waals surface area contributed by atoms with Crippen molar-refractivity contribution in [3.05, 3.63) is 0 Å². The summed E-state index contributed by atoms with van der Waals surface area (Å²) >= 11 is 0. The first-order chi connectivity index (χ1) is 45.6. The first-order valence-corrected chi connectivity index (χ1v) is 42.2. The van der Waals surface area contributed by atoms with Gasteiger partial charge in [0.15, 0.2) is 12.2 Å². The van der Waals surface area contributed by atoms with Crippen LogP contribution in [0.2, 0.25) is 0 Å². The predicted octanol–water partition coefficient (Wildman–Crippen LogP) is 22.0. The lowest BCUT2D eigenvalue weighted by molar-refractivity contribution is -0.161. The number of hydrogen-bond donors (Lipinski definition) is 3. The quantitative estimate of drug-likeness (QED) is 0.0222. The predicted molar refractivity (Wildman–Crippen MR) is 386 cm³/mol. The van der Waals surface area contributed by atoms with E-state index in [2.05, 4.69) is 55.4 Å². The molecule has 17 nitrogen and oxygen atoms in total. The number of phosphoric acid groups is 2. The molecule has 95 heavy (non-hydrogen) atoms. The van der Waals surface area contributed by atoms with Gasteiger partial charge >= 0.3 is 39.5 Å². The summed E-state index contributed by atoms with van der Waals surface area (Å²) < 4.78 is 68.4. The lowest BCUT2D eigenvalue weighted by Gasteiger charge is -2.21. The molecule has 0 spiro atoms. The number of rotatable bonds is 73. The highest BCUT2D eigenvalue weighted by Gasteiger charge is 2.30. The normalized spacial score (nSPS) is 14.4. The van der Waals surface area contributed by atoms with Crippen molar-refractivity contribution in [2.75, 3.05) is 39.6 Å². The zero-order chi connectivity index (χ0) is 70.3. The minimum absolute atomic E-state index is 0.103. The Labute approximate surface area is 581 Å². The summed E-state index contributed by atoms with van der Waals surface area (Å²) in [6.45, 7) is 14.1. The van der Waals surface area contributed by atoms with E-state index in [1.54, 1.807) is 0 Å². The Morgan fingerprint density at radius 2 is 0.505 bits per heavy atom. The third-order valence-corrected chi connectivity index (χ3v) is 19.8. The third-order valence-electron chi connectivity index (χ3n) is 17.9. The van der Waals surface area contributed by atoms with Gasteiger partial charge in [-0.25, -0.2) is 9.13 Å². The van der Waals surface area contributed by atoms with E-state index in [-0.39, 0.29) is 25.7 Å². The van der Waals surface area contributed by atoms with Crippen LogP contribution in [0.4, 0.5) is 0 Å². The highest BCUT2D eigenvalue weighted by Crippen LogP contribution is 2.45. The largest absolute Gasteiger partial charge is 0.472 e. The lowest BCUT2D eigenvalue weighted by Crippen LogP contribution is -2.30. The smallest absolute Gasteiger partial charge is 0.462 e. The molecule has 0 heterocycles. The van der Waals surface area contributed by atoms with Crippen molar-refractivity contribution in [3.63, 3.8) is 0 Å². The number of carbonyl (C=O) groups is 4. The van der Waals surface area contributed by atoms with Crippen molar-refractivity contribution >= 4 is 39.5 Å². The molecule has 564 valence electrons. The fraction of sp³-hybridized carbons (Fsp3) is 0.947. The number of carbonyl (C=O) groups excluding carboxylic acids is 4. The van der Waals surface area contributed by atoms with Gasteiger partial charge in [-0.05, 0) is 49.4 Å². The monoisotopic (exact) mass is 1400 g/mol. The van der Waals surface area contributed by atoms with Crippen molar-refractivity contribution in [3.8, 4) is 0 Å². The summed E-state index contributed by atoms with van der Waals surface area (Å²) in [4.78, 5) is 72.7. The molecule has 0 aromatic carbocycles. The molecule has 0 rings (SSSR count). The molecular formula is C76H148O17P2. The average Bonchev–Trinajstić information content (AvgIpc) is 1.72. The summed E-state index contributed by atoms with van der Waals surface area (Å²) in [5.41, 5.74) is 0. The standard InChI is InChI=1S/C76H148O17P2/c1-9-69(8)55-47-39-34-35-43-51-59-76(81)93-72(63-86-73(78)56-48-40-31-25-22-18-20-24-29-37-45-53-67(4)5)65-91-95(84,85)89-61-70(77)60-88-94(82,83)90-64-71(62-87-74(79)57-49-41-33-27-30-38-46-54-68(6)7)92-75(80)58-50-42-32-26-21-17-15-13-11-10-12-14-16-19-23-28-36-44-52-66(2)3/h66-72,77H,9-65H2,1-8H3,(H,82,83)(H,84,85)/t69?,70?,71-,72-/m1/s1. The highest BCUT2D eigenvalue weighted by molar-refractivity contribution is 7.47. The Hall–Kier alpha value is -1.94. The maximum atomic E-state index is 13.1. The van der Waals surface area contributed by atoms with Gasteiger partial charge in [0.05, 0.1) is 26.4 Å². The maximum absolute atomic E-state index is 13.1. The van der Waals surface area contributed by atoms with Crippen molar-refractivity contribution < 1.29 is 80.2 Å². The van der Waals surface area contributed by atoms with E-state index >= 15 is 0 Å².